The largest absolute Gasteiger partial charge is 0.396 e. The van der Waals surface area contributed by atoms with Crippen LogP contribution in [0, 0.1) is 0 Å². The lowest BCUT2D eigenvalue weighted by molar-refractivity contribution is 0.948. The number of nitrogen functional groups attached to an aromatic ring is 1. The van der Waals surface area contributed by atoms with E-state index in [4.69, 9.17) is 17.3 Å². The van der Waals surface area contributed by atoms with Crippen LogP contribution in [0.25, 0.3) is 11.3 Å². The molecule has 1 saturated heterocycles. The van der Waals surface area contributed by atoms with Crippen LogP contribution >= 0.6 is 11.6 Å². The molecule has 4 nitrogen and oxygen atoms in total. The van der Waals surface area contributed by atoms with Gasteiger partial charge in [0, 0.05) is 30.5 Å². The van der Waals surface area contributed by atoms with E-state index in [2.05, 4.69) is 14.9 Å². The zero-order valence-electron chi connectivity index (χ0n) is 9.99. The van der Waals surface area contributed by atoms with Crippen LogP contribution in [-0.4, -0.2) is 23.1 Å². The van der Waals surface area contributed by atoms with Crippen molar-refractivity contribution < 1.29 is 0 Å². The summed E-state index contributed by atoms with van der Waals surface area (Å²) in [5, 5.41) is 0.489. The van der Waals surface area contributed by atoms with Crippen LogP contribution in [0.15, 0.2) is 24.4 Å². The molecule has 1 aliphatic heterocycles. The first-order valence-corrected chi connectivity index (χ1v) is 6.47. The van der Waals surface area contributed by atoms with Crippen LogP contribution in [-0.2, 0) is 0 Å². The summed E-state index contributed by atoms with van der Waals surface area (Å²) >= 11 is 5.90. The molecule has 2 aromatic rings. The zero-order valence-corrected chi connectivity index (χ0v) is 10.7. The molecule has 5 heteroatoms. The topological polar surface area (TPSA) is 57.9 Å². The number of hydrogen-bond donors (Lipinski definition) is 2. The van der Waals surface area contributed by atoms with E-state index in [1.807, 2.05) is 18.2 Å². The van der Waals surface area contributed by atoms with Gasteiger partial charge in [0.1, 0.15) is 11.0 Å². The molecule has 0 saturated carbocycles. The van der Waals surface area contributed by atoms with Gasteiger partial charge in [-0.15, -0.1) is 0 Å². The summed E-state index contributed by atoms with van der Waals surface area (Å²) in [7, 11) is 0. The Kier molecular flexibility index (Phi) is 2.88. The third-order valence-electron chi connectivity index (χ3n) is 3.29. The van der Waals surface area contributed by atoms with Crippen molar-refractivity contribution in [3.05, 3.63) is 29.5 Å². The summed E-state index contributed by atoms with van der Waals surface area (Å²) in [4.78, 5) is 9.66. The van der Waals surface area contributed by atoms with E-state index < -0.39 is 0 Å². The molecule has 0 atom stereocenters. The van der Waals surface area contributed by atoms with Crippen molar-refractivity contribution in [2.24, 2.45) is 0 Å². The minimum absolute atomic E-state index is 0.489. The predicted octanol–water partition coefficient (Wildman–Crippen LogP) is 2.91. The SMILES string of the molecule is Nc1cc(-c2ccnc(Cl)c2)[nH]c1N1CCCC1. The molecule has 3 rings (SSSR count). The maximum Gasteiger partial charge on any atom is 0.130 e. The molecule has 3 N–H and O–H groups in total. The molecule has 0 amide bonds. The van der Waals surface area contributed by atoms with Crippen molar-refractivity contribution in [1.29, 1.82) is 0 Å². The van der Waals surface area contributed by atoms with E-state index in [1.54, 1.807) is 6.20 Å². The van der Waals surface area contributed by atoms with Crippen LogP contribution in [0.1, 0.15) is 12.8 Å². The third kappa shape index (κ3) is 2.04. The summed E-state index contributed by atoms with van der Waals surface area (Å²) in [6.45, 7) is 2.14. The van der Waals surface area contributed by atoms with Gasteiger partial charge in [-0.1, -0.05) is 11.6 Å². The molecule has 0 bridgehead atoms. The van der Waals surface area contributed by atoms with Gasteiger partial charge in [-0.25, -0.2) is 4.98 Å². The summed E-state index contributed by atoms with van der Waals surface area (Å²) < 4.78 is 0. The van der Waals surface area contributed by atoms with Crippen molar-refractivity contribution in [2.75, 3.05) is 23.7 Å². The van der Waals surface area contributed by atoms with Gasteiger partial charge in [-0.3, -0.25) is 0 Å². The van der Waals surface area contributed by atoms with Gasteiger partial charge in [0.2, 0.25) is 0 Å². The summed E-state index contributed by atoms with van der Waals surface area (Å²) in [6.07, 6.45) is 4.16. The highest BCUT2D eigenvalue weighted by Crippen LogP contribution is 2.31. The van der Waals surface area contributed by atoms with Crippen molar-refractivity contribution in [1.82, 2.24) is 9.97 Å². The number of H-pyrrole nitrogens is 1. The van der Waals surface area contributed by atoms with Gasteiger partial charge < -0.3 is 15.6 Å². The Morgan fingerprint density at radius 3 is 2.78 bits per heavy atom. The normalized spacial score (nSPS) is 15.3. The Labute approximate surface area is 111 Å². The first-order chi connectivity index (χ1) is 8.74. The number of anilines is 2. The number of nitrogens with two attached hydrogens (primary N) is 1. The van der Waals surface area contributed by atoms with E-state index in [1.165, 1.54) is 12.8 Å². The number of nitrogens with zero attached hydrogens (tertiary/aromatic N) is 2. The molecule has 1 aliphatic rings. The fourth-order valence-electron chi connectivity index (χ4n) is 2.39. The number of halogens is 1. The second-order valence-corrected chi connectivity index (χ2v) is 4.94. The number of hydrogen-bond acceptors (Lipinski definition) is 3. The van der Waals surface area contributed by atoms with Crippen molar-refractivity contribution in [2.45, 2.75) is 12.8 Å². The van der Waals surface area contributed by atoms with E-state index in [0.29, 0.717) is 5.15 Å². The number of nitrogens with one attached hydrogen (secondary N) is 1. The van der Waals surface area contributed by atoms with Gasteiger partial charge in [-0.2, -0.15) is 0 Å². The molecule has 18 heavy (non-hydrogen) atoms. The first-order valence-electron chi connectivity index (χ1n) is 6.09. The highest BCUT2D eigenvalue weighted by atomic mass is 35.5. The summed E-state index contributed by atoms with van der Waals surface area (Å²) in [5.74, 6) is 1.02. The average molecular weight is 263 g/mol. The number of rotatable bonds is 2. The maximum atomic E-state index is 6.08. The van der Waals surface area contributed by atoms with Crippen molar-refractivity contribution in [3.8, 4) is 11.3 Å². The molecular formula is C13H15ClN4. The van der Waals surface area contributed by atoms with Gasteiger partial charge >= 0.3 is 0 Å². The first kappa shape index (κ1) is 11.4. The average Bonchev–Trinajstić information content (AvgIpc) is 2.97. The molecule has 1 fully saturated rings. The maximum absolute atomic E-state index is 6.08. The summed E-state index contributed by atoms with van der Waals surface area (Å²) in [6, 6.07) is 5.71. The molecule has 2 aromatic heterocycles. The van der Waals surface area contributed by atoms with Gasteiger partial charge in [0.25, 0.3) is 0 Å². The van der Waals surface area contributed by atoms with E-state index in [-0.39, 0.29) is 0 Å². The Morgan fingerprint density at radius 1 is 1.28 bits per heavy atom. The Morgan fingerprint density at radius 2 is 2.06 bits per heavy atom. The lowest BCUT2D eigenvalue weighted by Crippen LogP contribution is -2.19. The van der Waals surface area contributed by atoms with Crippen molar-refractivity contribution >= 4 is 23.1 Å². The fourth-order valence-corrected chi connectivity index (χ4v) is 2.56. The Bertz CT molecular complexity index is 558. The second-order valence-electron chi connectivity index (χ2n) is 4.55. The van der Waals surface area contributed by atoms with Gasteiger partial charge in [0.15, 0.2) is 0 Å². The molecule has 3 heterocycles. The van der Waals surface area contributed by atoms with E-state index >= 15 is 0 Å². The van der Waals surface area contributed by atoms with Crippen LogP contribution in [0.5, 0.6) is 0 Å². The van der Waals surface area contributed by atoms with Gasteiger partial charge in [0.05, 0.1) is 5.69 Å². The van der Waals surface area contributed by atoms with Crippen molar-refractivity contribution in [3.63, 3.8) is 0 Å². The molecule has 0 radical (unpaired) electrons. The number of aromatic amines is 1. The van der Waals surface area contributed by atoms with Crippen LogP contribution in [0.4, 0.5) is 11.5 Å². The summed E-state index contributed by atoms with van der Waals surface area (Å²) in [5.41, 5.74) is 8.86. The standard InChI is InChI=1S/C13H15ClN4/c14-12-7-9(3-4-16-12)11-8-10(15)13(17-11)18-5-1-2-6-18/h3-4,7-8,17H,1-2,5-6,15H2. The minimum atomic E-state index is 0.489. The highest BCUT2D eigenvalue weighted by molar-refractivity contribution is 6.29. The molecular weight excluding hydrogens is 248 g/mol. The third-order valence-corrected chi connectivity index (χ3v) is 3.49. The Balaban J connectivity index is 1.96. The van der Waals surface area contributed by atoms with Crippen LogP contribution in [0.2, 0.25) is 5.15 Å². The van der Waals surface area contributed by atoms with Crippen LogP contribution in [0.3, 0.4) is 0 Å². The molecule has 0 unspecified atom stereocenters. The van der Waals surface area contributed by atoms with Gasteiger partial charge in [-0.05, 0) is 31.0 Å². The predicted molar refractivity (Wildman–Crippen MR) is 74.9 cm³/mol. The molecule has 0 aliphatic carbocycles. The Hall–Kier alpha value is -1.68. The monoisotopic (exact) mass is 262 g/mol. The second kappa shape index (κ2) is 4.53. The van der Waals surface area contributed by atoms with E-state index in [9.17, 15) is 0 Å². The lowest BCUT2D eigenvalue weighted by atomic mass is 10.2. The fraction of sp³-hybridized carbons (Fsp3) is 0.308. The minimum Gasteiger partial charge on any atom is -0.396 e. The molecule has 0 spiro atoms. The lowest BCUT2D eigenvalue weighted by Gasteiger charge is -2.16. The number of aromatic nitrogens is 2. The highest BCUT2D eigenvalue weighted by Gasteiger charge is 2.17. The smallest absolute Gasteiger partial charge is 0.130 e. The number of pyridine rings is 1. The van der Waals surface area contributed by atoms with E-state index in [0.717, 1.165) is 35.9 Å². The quantitative estimate of drug-likeness (QED) is 0.818. The molecule has 0 aromatic carbocycles. The van der Waals surface area contributed by atoms with Crippen LogP contribution < -0.4 is 10.6 Å². The molecule has 94 valence electrons. The zero-order chi connectivity index (χ0) is 12.5.